The van der Waals surface area contributed by atoms with Crippen molar-refractivity contribution >= 4 is 16.3 Å². The van der Waals surface area contributed by atoms with Crippen LogP contribution in [0.4, 0.5) is 0 Å². The third kappa shape index (κ3) is 26.2. The molecule has 0 aromatic heterocycles. The van der Waals surface area contributed by atoms with Crippen LogP contribution in [0, 0.1) is 0 Å². The van der Waals surface area contributed by atoms with E-state index in [4.69, 9.17) is 14.0 Å². The fourth-order valence-electron chi connectivity index (χ4n) is 7.41. The number of nitrogens with one attached hydrogen (secondary N) is 1. The molecule has 0 bridgehead atoms. The largest absolute Gasteiger partial charge is 0.397 e. The molecule has 0 aliphatic carbocycles. The Morgan fingerprint density at radius 1 is 0.643 bits per heavy atom. The molecule has 0 aromatic carbocycles. The third-order valence-electron chi connectivity index (χ3n) is 11.0. The second-order valence-corrected chi connectivity index (χ2v) is 17.2. The smallest absolute Gasteiger partial charge is 0.394 e. The Labute approximate surface area is 340 Å². The highest BCUT2D eigenvalue weighted by atomic mass is 32.3. The van der Waals surface area contributed by atoms with E-state index in [1.165, 1.54) is 122 Å². The van der Waals surface area contributed by atoms with Crippen LogP contribution in [0.25, 0.3) is 0 Å². The minimum atomic E-state index is -5.10. The van der Waals surface area contributed by atoms with E-state index in [1.54, 1.807) is 0 Å². The fraction of sp³-hybridized carbons (Fsp3) is 0.976. The van der Waals surface area contributed by atoms with Crippen LogP contribution in [-0.2, 0) is 28.9 Å². The average Bonchev–Trinajstić information content (AvgIpc) is 3.16. The Morgan fingerprint density at radius 2 is 1.04 bits per heavy atom. The molecular weight excluding hydrogens is 743 g/mol. The number of unbranched alkanes of at least 4 members (excludes halogenated alkanes) is 25. The summed E-state index contributed by atoms with van der Waals surface area (Å²) in [7, 11) is -5.10. The molecule has 0 saturated carbocycles. The second kappa shape index (κ2) is 33.8. The summed E-state index contributed by atoms with van der Waals surface area (Å²) in [6, 6.07) is -1.03. The van der Waals surface area contributed by atoms with Gasteiger partial charge in [-0.1, -0.05) is 187 Å². The van der Waals surface area contributed by atoms with Crippen molar-refractivity contribution in [2.24, 2.45) is 0 Å². The van der Waals surface area contributed by atoms with Crippen molar-refractivity contribution in [3.63, 3.8) is 0 Å². The maximum absolute atomic E-state index is 13.1. The van der Waals surface area contributed by atoms with Gasteiger partial charge in [0, 0.05) is 0 Å². The van der Waals surface area contributed by atoms with E-state index in [1.807, 2.05) is 0 Å². The number of carbonyl (C=O) groups is 1. The van der Waals surface area contributed by atoms with Crippen molar-refractivity contribution in [3.8, 4) is 0 Å². The van der Waals surface area contributed by atoms with E-state index in [0.29, 0.717) is 19.3 Å². The van der Waals surface area contributed by atoms with Crippen molar-refractivity contribution in [3.05, 3.63) is 0 Å². The zero-order chi connectivity index (χ0) is 41.4. The molecule has 1 rings (SSSR count). The van der Waals surface area contributed by atoms with E-state index in [0.717, 1.165) is 38.5 Å². The molecule has 0 spiro atoms. The van der Waals surface area contributed by atoms with Gasteiger partial charge in [0.25, 0.3) is 0 Å². The average molecular weight is 826 g/mol. The van der Waals surface area contributed by atoms with Gasteiger partial charge in [-0.3, -0.25) is 9.35 Å². The van der Waals surface area contributed by atoms with Crippen LogP contribution in [0.1, 0.15) is 200 Å². The second-order valence-electron chi connectivity index (χ2n) is 16.1. The quantitative estimate of drug-likeness (QED) is 0.0244. The van der Waals surface area contributed by atoms with Crippen LogP contribution in [0.2, 0.25) is 0 Å². The number of aliphatic hydroxyl groups is 5. The minimum Gasteiger partial charge on any atom is -0.394 e. The first-order valence-corrected chi connectivity index (χ1v) is 23.9. The van der Waals surface area contributed by atoms with Gasteiger partial charge in [-0.2, -0.15) is 8.42 Å². The number of carbonyl (C=O) groups excluding carboxylic acids is 1. The van der Waals surface area contributed by atoms with Crippen LogP contribution < -0.4 is 5.32 Å². The molecular formula is C42H83NO12S. The molecule has 8 atom stereocenters. The third-order valence-corrected chi connectivity index (χ3v) is 11.5. The Balaban J connectivity index is 2.58. The summed E-state index contributed by atoms with van der Waals surface area (Å²) in [5.74, 6) is -0.668. The van der Waals surface area contributed by atoms with Gasteiger partial charge >= 0.3 is 10.4 Å². The Morgan fingerprint density at radius 3 is 1.43 bits per heavy atom. The Bertz CT molecular complexity index is 1040. The molecule has 1 aliphatic rings. The fourth-order valence-corrected chi connectivity index (χ4v) is 7.92. The number of aliphatic hydroxyl groups excluding tert-OH is 5. The van der Waals surface area contributed by atoms with Crippen molar-refractivity contribution in [1.82, 2.24) is 5.32 Å². The lowest BCUT2D eigenvalue weighted by Crippen LogP contribution is -2.61. The van der Waals surface area contributed by atoms with Crippen LogP contribution >= 0.6 is 0 Å². The molecule has 0 aromatic rings. The lowest BCUT2D eigenvalue weighted by atomic mass is 9.99. The molecule has 1 aliphatic heterocycles. The topological polar surface area (TPSA) is 212 Å². The molecule has 14 heteroatoms. The number of ether oxygens (including phenoxy) is 2. The highest BCUT2D eigenvalue weighted by molar-refractivity contribution is 7.80. The lowest BCUT2D eigenvalue weighted by Gasteiger charge is -2.41. The zero-order valence-electron chi connectivity index (χ0n) is 35.1. The van der Waals surface area contributed by atoms with Crippen molar-refractivity contribution in [2.75, 3.05) is 13.2 Å². The van der Waals surface area contributed by atoms with Gasteiger partial charge in [0.15, 0.2) is 6.29 Å². The summed E-state index contributed by atoms with van der Waals surface area (Å²) in [6.07, 6.45) is 21.4. The van der Waals surface area contributed by atoms with Crippen LogP contribution in [0.5, 0.6) is 0 Å². The summed E-state index contributed by atoms with van der Waals surface area (Å²) < 4.78 is 47.5. The summed E-state index contributed by atoms with van der Waals surface area (Å²) in [4.78, 5) is 13.1. The molecule has 1 heterocycles. The Hall–Kier alpha value is -0.940. The number of hydrogen-bond acceptors (Lipinski definition) is 11. The van der Waals surface area contributed by atoms with Crippen LogP contribution in [-0.4, -0.2) is 107 Å². The molecule has 1 saturated heterocycles. The van der Waals surface area contributed by atoms with Gasteiger partial charge < -0.3 is 40.3 Å². The zero-order valence-corrected chi connectivity index (χ0v) is 35.9. The van der Waals surface area contributed by atoms with Gasteiger partial charge in [0.2, 0.25) is 5.91 Å². The number of hydrogen-bond donors (Lipinski definition) is 7. The number of amides is 1. The predicted octanol–water partition coefficient (Wildman–Crippen LogP) is 7.19. The molecule has 334 valence electrons. The molecule has 56 heavy (non-hydrogen) atoms. The van der Waals surface area contributed by atoms with Crippen molar-refractivity contribution in [2.45, 2.75) is 249 Å². The lowest BCUT2D eigenvalue weighted by molar-refractivity contribution is -0.298. The normalized spacial score (nSPS) is 21.9. The van der Waals surface area contributed by atoms with E-state index in [2.05, 4.69) is 23.3 Å². The van der Waals surface area contributed by atoms with Gasteiger partial charge in [0.1, 0.15) is 30.5 Å². The van der Waals surface area contributed by atoms with Crippen molar-refractivity contribution in [1.29, 1.82) is 0 Å². The highest BCUT2D eigenvalue weighted by Crippen LogP contribution is 2.26. The van der Waals surface area contributed by atoms with Crippen LogP contribution in [0.15, 0.2) is 0 Å². The Kier molecular flexibility index (Phi) is 32.1. The van der Waals surface area contributed by atoms with E-state index in [-0.39, 0.29) is 6.42 Å². The van der Waals surface area contributed by atoms with E-state index < -0.39 is 78.5 Å². The van der Waals surface area contributed by atoms with E-state index >= 15 is 0 Å². The minimum absolute atomic E-state index is 0.265. The van der Waals surface area contributed by atoms with Gasteiger partial charge in [-0.15, -0.1) is 0 Å². The SMILES string of the molecule is CCCCCCCCCCCCCCCCC(O)C(=O)NC(COC1OC(CO)C(O)C(OS(=O)(=O)O)C1O)C(O)CCCCCCCCCCCCCCC. The molecule has 1 fully saturated rings. The van der Waals surface area contributed by atoms with E-state index in [9.17, 15) is 38.7 Å². The standard InChI is InChI=1S/C42H83NO12S/c1-3-5-7-9-11-13-15-17-19-21-23-25-27-29-31-36(46)41(49)43-34(35(45)30-28-26-24-22-20-18-16-14-12-10-8-6-4-2)33-53-42-39(48)40(55-56(50,51)52)38(47)37(32-44)54-42/h34-40,42,44-48H,3-33H2,1-2H3,(H,43,49)(H,50,51,52). The molecule has 8 unspecified atom stereocenters. The summed E-state index contributed by atoms with van der Waals surface area (Å²) in [5, 5.41) is 55.3. The molecule has 13 nitrogen and oxygen atoms in total. The van der Waals surface area contributed by atoms with Crippen LogP contribution in [0.3, 0.4) is 0 Å². The maximum Gasteiger partial charge on any atom is 0.397 e. The van der Waals surface area contributed by atoms with Gasteiger partial charge in [0.05, 0.1) is 25.4 Å². The molecule has 1 amide bonds. The van der Waals surface area contributed by atoms with Crippen molar-refractivity contribution < 1.29 is 57.0 Å². The first-order valence-electron chi connectivity index (χ1n) is 22.5. The summed E-state index contributed by atoms with van der Waals surface area (Å²) >= 11 is 0. The first-order chi connectivity index (χ1) is 26.9. The molecule has 0 radical (unpaired) electrons. The first kappa shape index (κ1) is 53.1. The van der Waals surface area contributed by atoms with Gasteiger partial charge in [-0.05, 0) is 12.8 Å². The highest BCUT2D eigenvalue weighted by Gasteiger charge is 2.48. The predicted molar refractivity (Wildman–Crippen MR) is 219 cm³/mol. The molecule has 7 N–H and O–H groups in total. The summed E-state index contributed by atoms with van der Waals surface area (Å²) in [6.45, 7) is 3.27. The number of rotatable bonds is 38. The maximum atomic E-state index is 13.1. The summed E-state index contributed by atoms with van der Waals surface area (Å²) in [5.41, 5.74) is 0. The van der Waals surface area contributed by atoms with Gasteiger partial charge in [-0.25, -0.2) is 4.18 Å². The monoisotopic (exact) mass is 826 g/mol.